The zero-order chi connectivity index (χ0) is 20.9. The SMILES string of the molecule is C[C@@H](CC(=O)Cc1ccc(-n2cccn2)cc1)c1ccc(OCC(F)(F)F)cc1. The van der Waals surface area contributed by atoms with Crippen molar-refractivity contribution in [2.45, 2.75) is 31.9 Å². The smallest absolute Gasteiger partial charge is 0.422 e. The second-order valence-electron chi connectivity index (χ2n) is 6.91. The molecule has 0 amide bonds. The van der Waals surface area contributed by atoms with E-state index in [1.807, 2.05) is 43.5 Å². The molecule has 0 N–H and O–H groups in total. The minimum atomic E-state index is -4.37. The Morgan fingerprint density at radius 2 is 1.79 bits per heavy atom. The number of benzene rings is 2. The van der Waals surface area contributed by atoms with Gasteiger partial charge in [0.25, 0.3) is 0 Å². The van der Waals surface area contributed by atoms with Gasteiger partial charge in [-0.2, -0.15) is 18.3 Å². The topological polar surface area (TPSA) is 44.1 Å². The number of Topliss-reactive ketones (excluding diaryl/α,β-unsaturated/α-hetero) is 1. The van der Waals surface area contributed by atoms with Gasteiger partial charge in [-0.15, -0.1) is 0 Å². The normalized spacial score (nSPS) is 12.6. The summed E-state index contributed by atoms with van der Waals surface area (Å²) < 4.78 is 43.0. The fraction of sp³-hybridized carbons (Fsp3) is 0.273. The van der Waals surface area contributed by atoms with E-state index >= 15 is 0 Å². The van der Waals surface area contributed by atoms with E-state index in [9.17, 15) is 18.0 Å². The fourth-order valence-electron chi connectivity index (χ4n) is 3.01. The van der Waals surface area contributed by atoms with Crippen molar-refractivity contribution < 1.29 is 22.7 Å². The molecule has 7 heteroatoms. The molecule has 3 rings (SSSR count). The molecule has 0 radical (unpaired) electrons. The van der Waals surface area contributed by atoms with Crippen molar-refractivity contribution in [1.29, 1.82) is 0 Å². The summed E-state index contributed by atoms with van der Waals surface area (Å²) in [6, 6.07) is 15.9. The molecule has 0 saturated carbocycles. The maximum absolute atomic E-state index is 12.4. The molecule has 2 aromatic carbocycles. The molecule has 0 unspecified atom stereocenters. The average Bonchev–Trinajstić information content (AvgIpc) is 3.21. The van der Waals surface area contributed by atoms with Crippen LogP contribution in [-0.2, 0) is 11.2 Å². The molecule has 0 spiro atoms. The number of rotatable bonds is 8. The molecule has 4 nitrogen and oxygen atoms in total. The number of ether oxygens (including phenoxy) is 1. The van der Waals surface area contributed by atoms with E-state index in [4.69, 9.17) is 4.74 Å². The van der Waals surface area contributed by atoms with Crippen LogP contribution in [0.1, 0.15) is 30.4 Å². The second-order valence-corrected chi connectivity index (χ2v) is 6.91. The summed E-state index contributed by atoms with van der Waals surface area (Å²) in [5.74, 6) is 0.214. The molecule has 0 aliphatic carbocycles. The summed E-state index contributed by atoms with van der Waals surface area (Å²) in [5, 5.41) is 4.16. The van der Waals surface area contributed by atoms with Crippen LogP contribution in [0.4, 0.5) is 13.2 Å². The summed E-state index contributed by atoms with van der Waals surface area (Å²) in [6.07, 6.45) is -0.135. The number of hydrogen-bond donors (Lipinski definition) is 0. The molecule has 0 aliphatic rings. The predicted molar refractivity (Wildman–Crippen MR) is 103 cm³/mol. The van der Waals surface area contributed by atoms with E-state index in [1.165, 1.54) is 12.1 Å². The Hall–Kier alpha value is -3.09. The molecule has 0 bridgehead atoms. The largest absolute Gasteiger partial charge is 0.484 e. The highest BCUT2D eigenvalue weighted by Crippen LogP contribution is 2.24. The van der Waals surface area contributed by atoms with Gasteiger partial charge < -0.3 is 4.74 Å². The first-order chi connectivity index (χ1) is 13.8. The highest BCUT2D eigenvalue weighted by atomic mass is 19.4. The molecular weight excluding hydrogens is 381 g/mol. The fourth-order valence-corrected chi connectivity index (χ4v) is 3.01. The van der Waals surface area contributed by atoms with Gasteiger partial charge in [0.1, 0.15) is 11.5 Å². The third kappa shape index (κ3) is 6.20. The molecule has 0 saturated heterocycles. The number of halogens is 3. The lowest BCUT2D eigenvalue weighted by molar-refractivity contribution is -0.153. The Morgan fingerprint density at radius 3 is 2.38 bits per heavy atom. The van der Waals surface area contributed by atoms with Gasteiger partial charge in [-0.1, -0.05) is 31.2 Å². The van der Waals surface area contributed by atoms with Gasteiger partial charge in [0.2, 0.25) is 0 Å². The van der Waals surface area contributed by atoms with E-state index in [0.29, 0.717) is 12.8 Å². The molecule has 1 aromatic heterocycles. The Kier molecular flexibility index (Phi) is 6.36. The van der Waals surface area contributed by atoms with E-state index < -0.39 is 12.8 Å². The number of carbonyl (C=O) groups excluding carboxylic acids is 1. The highest BCUT2D eigenvalue weighted by molar-refractivity contribution is 5.81. The first-order valence-corrected chi connectivity index (χ1v) is 9.20. The lowest BCUT2D eigenvalue weighted by Crippen LogP contribution is -2.19. The van der Waals surface area contributed by atoms with E-state index in [1.54, 1.807) is 23.0 Å². The number of aromatic nitrogens is 2. The minimum Gasteiger partial charge on any atom is -0.484 e. The van der Waals surface area contributed by atoms with Crippen molar-refractivity contribution in [3.8, 4) is 11.4 Å². The van der Waals surface area contributed by atoms with Gasteiger partial charge >= 0.3 is 6.18 Å². The third-order valence-electron chi connectivity index (χ3n) is 4.49. The summed E-state index contributed by atoms with van der Waals surface area (Å²) >= 11 is 0. The van der Waals surface area contributed by atoms with Gasteiger partial charge in [-0.3, -0.25) is 4.79 Å². The van der Waals surface area contributed by atoms with Gasteiger partial charge in [-0.05, 0) is 47.4 Å². The minimum absolute atomic E-state index is 0.0393. The second kappa shape index (κ2) is 8.94. The monoisotopic (exact) mass is 402 g/mol. The number of alkyl halides is 3. The first-order valence-electron chi connectivity index (χ1n) is 9.20. The maximum Gasteiger partial charge on any atom is 0.422 e. The standard InChI is InChI=1S/C22H21F3N2O2/c1-16(18-5-9-21(10-6-18)29-15-22(23,24)25)13-20(28)14-17-3-7-19(8-4-17)27-12-2-11-26-27/h2-12,16H,13-15H2,1H3/t16-/m0/s1. The van der Waals surface area contributed by atoms with Crippen LogP contribution >= 0.6 is 0 Å². The van der Waals surface area contributed by atoms with Crippen molar-refractivity contribution in [3.63, 3.8) is 0 Å². The average molecular weight is 402 g/mol. The number of ketones is 1. The molecule has 0 aliphatic heterocycles. The van der Waals surface area contributed by atoms with Crippen molar-refractivity contribution >= 4 is 5.78 Å². The maximum atomic E-state index is 12.4. The van der Waals surface area contributed by atoms with Crippen molar-refractivity contribution in [1.82, 2.24) is 9.78 Å². The van der Waals surface area contributed by atoms with Crippen LogP contribution in [0.2, 0.25) is 0 Å². The van der Waals surface area contributed by atoms with Gasteiger partial charge in [0.15, 0.2) is 6.61 Å². The Bertz CT molecular complexity index is 918. The van der Waals surface area contributed by atoms with Gasteiger partial charge in [0.05, 0.1) is 5.69 Å². The first kappa shape index (κ1) is 20.6. The predicted octanol–water partition coefficient (Wildman–Crippen LogP) is 5.12. The molecule has 152 valence electrons. The summed E-state index contributed by atoms with van der Waals surface area (Å²) in [6.45, 7) is 0.601. The Morgan fingerprint density at radius 1 is 1.10 bits per heavy atom. The van der Waals surface area contributed by atoms with Crippen molar-refractivity contribution in [2.75, 3.05) is 6.61 Å². The van der Waals surface area contributed by atoms with Crippen LogP contribution in [0, 0.1) is 0 Å². The van der Waals surface area contributed by atoms with Gasteiger partial charge in [0, 0.05) is 25.2 Å². The van der Waals surface area contributed by atoms with Crippen molar-refractivity contribution in [3.05, 3.63) is 78.1 Å². The van der Waals surface area contributed by atoms with Crippen LogP contribution in [0.3, 0.4) is 0 Å². The zero-order valence-corrected chi connectivity index (χ0v) is 15.9. The summed E-state index contributed by atoms with van der Waals surface area (Å²) in [7, 11) is 0. The highest BCUT2D eigenvalue weighted by Gasteiger charge is 2.28. The zero-order valence-electron chi connectivity index (χ0n) is 15.9. The van der Waals surface area contributed by atoms with Crippen LogP contribution < -0.4 is 4.74 Å². The van der Waals surface area contributed by atoms with Gasteiger partial charge in [-0.25, -0.2) is 4.68 Å². The molecular formula is C22H21F3N2O2. The summed E-state index contributed by atoms with van der Waals surface area (Å²) in [5.41, 5.74) is 2.73. The molecule has 0 fully saturated rings. The third-order valence-corrected chi connectivity index (χ3v) is 4.49. The lowest BCUT2D eigenvalue weighted by atomic mass is 9.93. The molecule has 29 heavy (non-hydrogen) atoms. The molecule has 3 aromatic rings. The number of hydrogen-bond acceptors (Lipinski definition) is 3. The van der Waals surface area contributed by atoms with Crippen LogP contribution in [0.5, 0.6) is 5.75 Å². The van der Waals surface area contributed by atoms with E-state index in [0.717, 1.165) is 16.8 Å². The molecule has 1 atom stereocenters. The van der Waals surface area contributed by atoms with E-state index in [-0.39, 0.29) is 17.5 Å². The van der Waals surface area contributed by atoms with Crippen LogP contribution in [-0.4, -0.2) is 28.3 Å². The summed E-state index contributed by atoms with van der Waals surface area (Å²) in [4.78, 5) is 12.4. The van der Waals surface area contributed by atoms with E-state index in [2.05, 4.69) is 5.10 Å². The van der Waals surface area contributed by atoms with Crippen LogP contribution in [0.15, 0.2) is 67.0 Å². The molecule has 1 heterocycles. The Labute approximate surface area is 166 Å². The Balaban J connectivity index is 1.52. The number of nitrogens with zero attached hydrogens (tertiary/aromatic N) is 2. The number of carbonyl (C=O) groups is 1. The van der Waals surface area contributed by atoms with Crippen LogP contribution in [0.25, 0.3) is 5.69 Å². The van der Waals surface area contributed by atoms with Crippen molar-refractivity contribution in [2.24, 2.45) is 0 Å². The quantitative estimate of drug-likeness (QED) is 0.525. The lowest BCUT2D eigenvalue weighted by Gasteiger charge is -2.13.